The minimum Gasteiger partial charge on any atom is -0.493 e. The number of carboxylic acid groups (broad SMARTS) is 1. The fraction of sp³-hybridized carbons (Fsp3) is 0.417. The summed E-state index contributed by atoms with van der Waals surface area (Å²) in [5.41, 5.74) is 1.11. The van der Waals surface area contributed by atoms with Crippen LogP contribution in [0, 0.1) is 5.92 Å². The molecule has 0 aliphatic rings. The average molecular weight is 223 g/mol. The summed E-state index contributed by atoms with van der Waals surface area (Å²) in [5, 5.41) is 11.8. The number of carbonyl (C=O) groups is 1. The van der Waals surface area contributed by atoms with E-state index in [-0.39, 0.29) is 6.61 Å². The summed E-state index contributed by atoms with van der Waals surface area (Å²) in [6.07, 6.45) is 0. The van der Waals surface area contributed by atoms with Crippen LogP contribution in [0.15, 0.2) is 24.3 Å². The number of carboxylic acids is 1. The van der Waals surface area contributed by atoms with E-state index in [2.05, 4.69) is 5.32 Å². The summed E-state index contributed by atoms with van der Waals surface area (Å²) in [4.78, 5) is 10.6. The third-order valence-electron chi connectivity index (χ3n) is 2.20. The number of ether oxygens (including phenoxy) is 1. The highest BCUT2D eigenvalue weighted by atomic mass is 16.5. The van der Waals surface area contributed by atoms with E-state index in [1.165, 1.54) is 0 Å². The third kappa shape index (κ3) is 3.90. The summed E-state index contributed by atoms with van der Waals surface area (Å²) in [5.74, 6) is -0.625. The van der Waals surface area contributed by atoms with Gasteiger partial charge in [-0.2, -0.15) is 0 Å². The Kier molecular flexibility index (Phi) is 4.79. The quantitative estimate of drug-likeness (QED) is 0.767. The number of nitrogens with one attached hydrogen (secondary N) is 1. The van der Waals surface area contributed by atoms with Crippen LogP contribution in [0.5, 0.6) is 5.75 Å². The van der Waals surface area contributed by atoms with Gasteiger partial charge in [-0.3, -0.25) is 4.79 Å². The van der Waals surface area contributed by atoms with E-state index < -0.39 is 11.9 Å². The molecule has 1 aromatic carbocycles. The molecule has 0 saturated carbocycles. The Labute approximate surface area is 95.2 Å². The highest BCUT2D eigenvalue weighted by Crippen LogP contribution is 2.14. The molecule has 16 heavy (non-hydrogen) atoms. The maximum atomic E-state index is 10.6. The molecule has 1 rings (SSSR count). The minimum absolute atomic E-state index is 0.193. The molecule has 1 aromatic rings. The molecule has 0 aliphatic carbocycles. The summed E-state index contributed by atoms with van der Waals surface area (Å²) < 4.78 is 5.41. The van der Waals surface area contributed by atoms with Crippen LogP contribution in [0.25, 0.3) is 0 Å². The number of benzene rings is 1. The molecule has 0 heterocycles. The number of hydrogen-bond acceptors (Lipinski definition) is 3. The van der Waals surface area contributed by atoms with Crippen molar-refractivity contribution in [2.45, 2.75) is 13.5 Å². The molecule has 88 valence electrons. The van der Waals surface area contributed by atoms with Gasteiger partial charge in [-0.1, -0.05) is 12.1 Å². The van der Waals surface area contributed by atoms with Gasteiger partial charge >= 0.3 is 5.97 Å². The fourth-order valence-corrected chi connectivity index (χ4v) is 1.24. The molecule has 0 spiro atoms. The average Bonchev–Trinajstić information content (AvgIpc) is 2.26. The first-order chi connectivity index (χ1) is 7.63. The van der Waals surface area contributed by atoms with Crippen LogP contribution in [0.4, 0.5) is 0 Å². The highest BCUT2D eigenvalue weighted by Gasteiger charge is 2.11. The van der Waals surface area contributed by atoms with Gasteiger partial charge in [0.25, 0.3) is 0 Å². The van der Waals surface area contributed by atoms with Crippen LogP contribution in [-0.2, 0) is 11.3 Å². The van der Waals surface area contributed by atoms with Gasteiger partial charge in [0.15, 0.2) is 0 Å². The van der Waals surface area contributed by atoms with Gasteiger partial charge in [0.2, 0.25) is 0 Å². The fourth-order valence-electron chi connectivity index (χ4n) is 1.24. The van der Waals surface area contributed by atoms with Crippen molar-refractivity contribution in [3.63, 3.8) is 0 Å². The van der Waals surface area contributed by atoms with E-state index in [1.807, 2.05) is 31.3 Å². The lowest BCUT2D eigenvalue weighted by atomic mass is 10.2. The SMILES string of the molecule is CNCc1cccc(OCC(C)C(=O)O)c1. The van der Waals surface area contributed by atoms with Crippen LogP contribution in [0.1, 0.15) is 12.5 Å². The standard InChI is InChI=1S/C12H17NO3/c1-9(12(14)15)8-16-11-5-3-4-10(6-11)7-13-2/h3-6,9,13H,7-8H2,1-2H3,(H,14,15). The predicted octanol–water partition coefficient (Wildman–Crippen LogP) is 1.51. The Hall–Kier alpha value is -1.55. The molecular weight excluding hydrogens is 206 g/mol. The molecule has 4 nitrogen and oxygen atoms in total. The Morgan fingerprint density at radius 1 is 1.56 bits per heavy atom. The molecule has 0 bridgehead atoms. The van der Waals surface area contributed by atoms with Crippen molar-refractivity contribution in [1.82, 2.24) is 5.32 Å². The van der Waals surface area contributed by atoms with Gasteiger partial charge < -0.3 is 15.2 Å². The van der Waals surface area contributed by atoms with Crippen molar-refractivity contribution < 1.29 is 14.6 Å². The molecule has 0 fully saturated rings. The number of aliphatic carboxylic acids is 1. The van der Waals surface area contributed by atoms with Crippen LogP contribution in [0.3, 0.4) is 0 Å². The molecule has 0 amide bonds. The maximum absolute atomic E-state index is 10.6. The Morgan fingerprint density at radius 3 is 2.94 bits per heavy atom. The van der Waals surface area contributed by atoms with E-state index in [0.29, 0.717) is 5.75 Å². The molecule has 0 aromatic heterocycles. The van der Waals surface area contributed by atoms with Crippen LogP contribution < -0.4 is 10.1 Å². The molecule has 4 heteroatoms. The van der Waals surface area contributed by atoms with E-state index in [9.17, 15) is 4.79 Å². The predicted molar refractivity (Wildman–Crippen MR) is 61.5 cm³/mol. The summed E-state index contributed by atoms with van der Waals surface area (Å²) in [6.45, 7) is 2.59. The molecule has 0 saturated heterocycles. The Bertz CT molecular complexity index is 352. The summed E-state index contributed by atoms with van der Waals surface area (Å²) >= 11 is 0. The second-order valence-electron chi connectivity index (χ2n) is 3.73. The Balaban J connectivity index is 2.53. The van der Waals surface area contributed by atoms with Crippen LogP contribution in [0.2, 0.25) is 0 Å². The lowest BCUT2D eigenvalue weighted by Crippen LogP contribution is -2.18. The van der Waals surface area contributed by atoms with Crippen molar-refractivity contribution in [1.29, 1.82) is 0 Å². The lowest BCUT2D eigenvalue weighted by Gasteiger charge is -2.10. The summed E-state index contributed by atoms with van der Waals surface area (Å²) in [7, 11) is 1.88. The summed E-state index contributed by atoms with van der Waals surface area (Å²) in [6, 6.07) is 7.62. The van der Waals surface area contributed by atoms with Gasteiger partial charge in [0, 0.05) is 6.54 Å². The largest absolute Gasteiger partial charge is 0.493 e. The first-order valence-corrected chi connectivity index (χ1v) is 5.22. The molecule has 1 atom stereocenters. The monoisotopic (exact) mass is 223 g/mol. The molecule has 0 aliphatic heterocycles. The van der Waals surface area contributed by atoms with Crippen molar-refractivity contribution in [3.05, 3.63) is 29.8 Å². The Morgan fingerprint density at radius 2 is 2.31 bits per heavy atom. The van der Waals surface area contributed by atoms with Gasteiger partial charge in [0.05, 0.1) is 5.92 Å². The zero-order valence-electron chi connectivity index (χ0n) is 9.56. The number of hydrogen-bond donors (Lipinski definition) is 2. The van der Waals surface area contributed by atoms with E-state index in [0.717, 1.165) is 12.1 Å². The smallest absolute Gasteiger partial charge is 0.309 e. The molecule has 2 N–H and O–H groups in total. The topological polar surface area (TPSA) is 58.6 Å². The van der Waals surface area contributed by atoms with Crippen molar-refractivity contribution in [2.75, 3.05) is 13.7 Å². The maximum Gasteiger partial charge on any atom is 0.309 e. The van der Waals surface area contributed by atoms with Crippen LogP contribution >= 0.6 is 0 Å². The van der Waals surface area contributed by atoms with Crippen LogP contribution in [-0.4, -0.2) is 24.7 Å². The van der Waals surface area contributed by atoms with Gasteiger partial charge in [-0.15, -0.1) is 0 Å². The normalized spacial score (nSPS) is 12.1. The van der Waals surface area contributed by atoms with Crippen molar-refractivity contribution in [2.24, 2.45) is 5.92 Å². The zero-order chi connectivity index (χ0) is 12.0. The molecular formula is C12H17NO3. The molecule has 1 unspecified atom stereocenters. The second-order valence-corrected chi connectivity index (χ2v) is 3.73. The van der Waals surface area contributed by atoms with Crippen molar-refractivity contribution in [3.8, 4) is 5.75 Å². The first kappa shape index (κ1) is 12.5. The van der Waals surface area contributed by atoms with Gasteiger partial charge in [-0.05, 0) is 31.7 Å². The third-order valence-corrected chi connectivity index (χ3v) is 2.20. The highest BCUT2D eigenvalue weighted by molar-refractivity contribution is 5.69. The molecule has 0 radical (unpaired) electrons. The van der Waals surface area contributed by atoms with Gasteiger partial charge in [-0.25, -0.2) is 0 Å². The van der Waals surface area contributed by atoms with E-state index in [1.54, 1.807) is 6.92 Å². The minimum atomic E-state index is -0.841. The second kappa shape index (κ2) is 6.12. The lowest BCUT2D eigenvalue weighted by molar-refractivity contribution is -0.142. The van der Waals surface area contributed by atoms with E-state index >= 15 is 0 Å². The van der Waals surface area contributed by atoms with E-state index in [4.69, 9.17) is 9.84 Å². The van der Waals surface area contributed by atoms with Gasteiger partial charge in [0.1, 0.15) is 12.4 Å². The van der Waals surface area contributed by atoms with Crippen molar-refractivity contribution >= 4 is 5.97 Å². The number of rotatable bonds is 6. The first-order valence-electron chi connectivity index (χ1n) is 5.22. The zero-order valence-corrected chi connectivity index (χ0v) is 9.56.